The van der Waals surface area contributed by atoms with Crippen LogP contribution >= 0.6 is 15.9 Å². The molecular formula is C13H20BrFN2. The van der Waals surface area contributed by atoms with Gasteiger partial charge in [-0.05, 0) is 58.1 Å². The molecule has 0 amide bonds. The molecule has 2 N–H and O–H groups in total. The molecule has 0 heterocycles. The van der Waals surface area contributed by atoms with Crippen LogP contribution in [0.4, 0.5) is 4.39 Å². The van der Waals surface area contributed by atoms with Crippen LogP contribution in [-0.4, -0.2) is 30.6 Å². The van der Waals surface area contributed by atoms with Gasteiger partial charge in [-0.2, -0.15) is 0 Å². The number of nitrogens with two attached hydrogens (primary N) is 1. The van der Waals surface area contributed by atoms with E-state index in [1.807, 2.05) is 20.2 Å². The maximum atomic E-state index is 13.3. The normalized spacial score (nSPS) is 14.1. The minimum absolute atomic E-state index is 0.0498. The lowest BCUT2D eigenvalue weighted by Crippen LogP contribution is -2.54. The maximum absolute atomic E-state index is 13.3. The molecule has 0 spiro atoms. The van der Waals surface area contributed by atoms with E-state index in [9.17, 15) is 4.39 Å². The van der Waals surface area contributed by atoms with Gasteiger partial charge in [0.2, 0.25) is 0 Å². The van der Waals surface area contributed by atoms with Crippen LogP contribution in [0, 0.1) is 5.82 Å². The molecule has 1 atom stereocenters. The molecule has 1 rings (SSSR count). The Kier molecular flexibility index (Phi) is 4.69. The predicted molar refractivity (Wildman–Crippen MR) is 73.5 cm³/mol. The van der Waals surface area contributed by atoms with Crippen molar-refractivity contribution >= 4 is 15.9 Å². The first kappa shape index (κ1) is 14.6. The first-order valence-electron chi connectivity index (χ1n) is 5.61. The van der Waals surface area contributed by atoms with Gasteiger partial charge in [0.25, 0.3) is 0 Å². The van der Waals surface area contributed by atoms with Crippen molar-refractivity contribution in [2.24, 2.45) is 5.73 Å². The molecule has 1 aromatic carbocycles. The maximum Gasteiger partial charge on any atom is 0.124 e. The van der Waals surface area contributed by atoms with Gasteiger partial charge in [0, 0.05) is 16.1 Å². The second-order valence-corrected chi connectivity index (χ2v) is 6.05. The van der Waals surface area contributed by atoms with Crippen LogP contribution in [0.15, 0.2) is 22.7 Å². The zero-order chi connectivity index (χ0) is 13.2. The fraction of sp³-hybridized carbons (Fsp3) is 0.538. The lowest BCUT2D eigenvalue weighted by Gasteiger charge is -2.38. The fourth-order valence-electron chi connectivity index (χ4n) is 1.56. The third kappa shape index (κ3) is 3.76. The highest BCUT2D eigenvalue weighted by Crippen LogP contribution is 2.21. The fourth-order valence-corrected chi connectivity index (χ4v) is 2.08. The molecule has 1 unspecified atom stereocenters. The monoisotopic (exact) mass is 302 g/mol. The van der Waals surface area contributed by atoms with Crippen LogP contribution in [0.25, 0.3) is 0 Å². The van der Waals surface area contributed by atoms with Crippen LogP contribution in [0.2, 0.25) is 0 Å². The van der Waals surface area contributed by atoms with E-state index in [1.54, 1.807) is 0 Å². The lowest BCUT2D eigenvalue weighted by atomic mass is 9.89. The van der Waals surface area contributed by atoms with Gasteiger partial charge < -0.3 is 10.6 Å². The molecule has 0 aliphatic carbocycles. The Labute approximate surface area is 111 Å². The van der Waals surface area contributed by atoms with Gasteiger partial charge >= 0.3 is 0 Å². The molecule has 2 nitrogen and oxygen atoms in total. The molecule has 4 heteroatoms. The van der Waals surface area contributed by atoms with Gasteiger partial charge in [0.05, 0.1) is 0 Å². The SMILES string of the molecule is CN(C)C(C)(C)C(N)Cc1cc(F)cc(Br)c1. The number of halogens is 2. The molecule has 96 valence electrons. The van der Waals surface area contributed by atoms with Crippen LogP contribution in [-0.2, 0) is 6.42 Å². The van der Waals surface area contributed by atoms with Crippen molar-refractivity contribution in [3.05, 3.63) is 34.1 Å². The zero-order valence-corrected chi connectivity index (χ0v) is 12.4. The van der Waals surface area contributed by atoms with Gasteiger partial charge in [-0.3, -0.25) is 0 Å². The molecule has 0 aliphatic heterocycles. The highest BCUT2D eigenvalue weighted by Gasteiger charge is 2.28. The molecule has 0 aromatic heterocycles. The number of nitrogens with zero attached hydrogens (tertiary/aromatic N) is 1. The summed E-state index contributed by atoms with van der Waals surface area (Å²) >= 11 is 3.29. The number of rotatable bonds is 4. The van der Waals surface area contributed by atoms with E-state index >= 15 is 0 Å². The Balaban J connectivity index is 2.84. The van der Waals surface area contributed by atoms with Crippen molar-refractivity contribution in [1.82, 2.24) is 4.90 Å². The molecular weight excluding hydrogens is 283 g/mol. The predicted octanol–water partition coefficient (Wildman–Crippen LogP) is 2.80. The van der Waals surface area contributed by atoms with Crippen molar-refractivity contribution in [2.75, 3.05) is 14.1 Å². The first-order valence-corrected chi connectivity index (χ1v) is 6.40. The van der Waals surface area contributed by atoms with E-state index in [0.717, 1.165) is 10.0 Å². The van der Waals surface area contributed by atoms with Gasteiger partial charge in [-0.15, -0.1) is 0 Å². The van der Waals surface area contributed by atoms with Crippen molar-refractivity contribution in [3.8, 4) is 0 Å². The Morgan fingerprint density at radius 2 is 1.94 bits per heavy atom. The van der Waals surface area contributed by atoms with Gasteiger partial charge in [0.15, 0.2) is 0 Å². The average molecular weight is 303 g/mol. The number of hydrogen-bond acceptors (Lipinski definition) is 2. The van der Waals surface area contributed by atoms with Gasteiger partial charge in [-0.1, -0.05) is 15.9 Å². The summed E-state index contributed by atoms with van der Waals surface area (Å²) in [4.78, 5) is 2.09. The molecule has 0 saturated heterocycles. The summed E-state index contributed by atoms with van der Waals surface area (Å²) in [5.41, 5.74) is 6.99. The van der Waals surface area contributed by atoms with E-state index in [1.165, 1.54) is 12.1 Å². The van der Waals surface area contributed by atoms with E-state index in [2.05, 4.69) is 34.7 Å². The van der Waals surface area contributed by atoms with Crippen LogP contribution < -0.4 is 5.73 Å². The summed E-state index contributed by atoms with van der Waals surface area (Å²) in [6.45, 7) is 4.18. The minimum atomic E-state index is -0.232. The summed E-state index contributed by atoms with van der Waals surface area (Å²) < 4.78 is 14.0. The molecule has 0 aliphatic rings. The van der Waals surface area contributed by atoms with E-state index in [4.69, 9.17) is 5.73 Å². The minimum Gasteiger partial charge on any atom is -0.326 e. The third-order valence-electron chi connectivity index (χ3n) is 3.44. The summed E-state index contributed by atoms with van der Waals surface area (Å²) in [5, 5.41) is 0. The Hall–Kier alpha value is -0.450. The quantitative estimate of drug-likeness (QED) is 0.927. The standard InChI is InChI=1S/C13H20BrFN2/c1-13(2,17(3)4)12(16)7-9-5-10(14)8-11(15)6-9/h5-6,8,12H,7,16H2,1-4H3. The Bertz CT molecular complexity index is 371. The smallest absolute Gasteiger partial charge is 0.124 e. The summed E-state index contributed by atoms with van der Waals surface area (Å²) in [5.74, 6) is -0.232. The van der Waals surface area contributed by atoms with Crippen LogP contribution in [0.5, 0.6) is 0 Å². The van der Waals surface area contributed by atoms with Crippen molar-refractivity contribution in [3.63, 3.8) is 0 Å². The highest BCUT2D eigenvalue weighted by molar-refractivity contribution is 9.10. The summed E-state index contributed by atoms with van der Waals surface area (Å²) in [6.07, 6.45) is 0.654. The van der Waals surface area contributed by atoms with Crippen molar-refractivity contribution < 1.29 is 4.39 Å². The second-order valence-electron chi connectivity index (χ2n) is 5.14. The molecule has 0 radical (unpaired) electrons. The van der Waals surface area contributed by atoms with Crippen LogP contribution in [0.1, 0.15) is 19.4 Å². The third-order valence-corrected chi connectivity index (χ3v) is 3.90. The first-order chi connectivity index (χ1) is 7.73. The van der Waals surface area contributed by atoms with Gasteiger partial charge in [-0.25, -0.2) is 4.39 Å². The highest BCUT2D eigenvalue weighted by atomic mass is 79.9. The lowest BCUT2D eigenvalue weighted by molar-refractivity contribution is 0.158. The van der Waals surface area contributed by atoms with Crippen molar-refractivity contribution in [2.45, 2.75) is 31.8 Å². The van der Waals surface area contributed by atoms with E-state index in [-0.39, 0.29) is 17.4 Å². The number of likely N-dealkylation sites (N-methyl/N-ethyl adjacent to an activating group) is 1. The average Bonchev–Trinajstić information content (AvgIpc) is 2.15. The number of hydrogen-bond donors (Lipinski definition) is 1. The molecule has 1 aromatic rings. The zero-order valence-electron chi connectivity index (χ0n) is 10.8. The van der Waals surface area contributed by atoms with E-state index < -0.39 is 0 Å². The molecule has 0 fully saturated rings. The summed E-state index contributed by atoms with van der Waals surface area (Å²) in [6, 6.07) is 4.85. The Morgan fingerprint density at radius 1 is 1.35 bits per heavy atom. The number of benzene rings is 1. The van der Waals surface area contributed by atoms with Crippen molar-refractivity contribution in [1.29, 1.82) is 0 Å². The second kappa shape index (κ2) is 5.46. The molecule has 0 saturated carbocycles. The summed E-state index contributed by atoms with van der Waals surface area (Å²) in [7, 11) is 4.00. The molecule has 17 heavy (non-hydrogen) atoms. The Morgan fingerprint density at radius 3 is 2.41 bits per heavy atom. The largest absolute Gasteiger partial charge is 0.326 e. The topological polar surface area (TPSA) is 29.3 Å². The van der Waals surface area contributed by atoms with E-state index in [0.29, 0.717) is 6.42 Å². The van der Waals surface area contributed by atoms with Gasteiger partial charge in [0.1, 0.15) is 5.82 Å². The molecule has 0 bridgehead atoms. The van der Waals surface area contributed by atoms with Crippen LogP contribution in [0.3, 0.4) is 0 Å².